The number of likely N-dealkylation sites (N-methyl/N-ethyl adjacent to an activating group) is 1. The molecule has 3 nitrogen and oxygen atoms in total. The van der Waals surface area contributed by atoms with Gasteiger partial charge in [0, 0.05) is 18.6 Å². The second kappa shape index (κ2) is 6.03. The molecule has 0 saturated heterocycles. The first-order valence-electron chi connectivity index (χ1n) is 6.28. The Balaban J connectivity index is 2.79. The normalized spacial score (nSPS) is 14.9. The van der Waals surface area contributed by atoms with Gasteiger partial charge in [0.25, 0.3) is 0 Å². The zero-order valence-electron chi connectivity index (χ0n) is 11.1. The molecule has 1 unspecified atom stereocenters. The number of phenols is 1. The Morgan fingerprint density at radius 2 is 1.82 bits per heavy atom. The molecule has 0 saturated carbocycles. The third-order valence-electron chi connectivity index (χ3n) is 3.66. The Hall–Kier alpha value is -1.06. The van der Waals surface area contributed by atoms with Crippen LogP contribution in [0.25, 0.3) is 0 Å². The van der Waals surface area contributed by atoms with Gasteiger partial charge in [0.1, 0.15) is 5.75 Å². The van der Waals surface area contributed by atoms with Crippen LogP contribution in [0.4, 0.5) is 0 Å². The Bertz CT molecular complexity index is 331. The summed E-state index contributed by atoms with van der Waals surface area (Å²) < 4.78 is 0. The van der Waals surface area contributed by atoms with Crippen molar-refractivity contribution >= 4 is 0 Å². The molecular weight excluding hydrogens is 212 g/mol. The summed E-state index contributed by atoms with van der Waals surface area (Å²) in [5, 5.41) is 9.27. The lowest BCUT2D eigenvalue weighted by molar-refractivity contribution is 0.104. The molecule has 0 aliphatic heterocycles. The zero-order chi connectivity index (χ0) is 12.9. The van der Waals surface area contributed by atoms with E-state index in [9.17, 15) is 5.11 Å². The summed E-state index contributed by atoms with van der Waals surface area (Å²) in [4.78, 5) is 2.39. The topological polar surface area (TPSA) is 49.5 Å². The van der Waals surface area contributed by atoms with Gasteiger partial charge in [-0.05, 0) is 37.6 Å². The molecule has 0 aliphatic carbocycles. The number of phenolic OH excluding ortho intramolecular Hbond substituents is 1. The molecule has 1 aromatic carbocycles. The number of nitrogens with zero attached hydrogens (tertiary/aromatic N) is 1. The van der Waals surface area contributed by atoms with Crippen molar-refractivity contribution in [3.63, 3.8) is 0 Å². The molecule has 0 radical (unpaired) electrons. The van der Waals surface area contributed by atoms with E-state index in [-0.39, 0.29) is 5.54 Å². The first kappa shape index (κ1) is 14.0. The molecule has 0 fully saturated rings. The first-order valence-corrected chi connectivity index (χ1v) is 6.28. The molecular formula is C14H24N2O. The van der Waals surface area contributed by atoms with E-state index >= 15 is 0 Å². The van der Waals surface area contributed by atoms with Crippen LogP contribution >= 0.6 is 0 Å². The molecule has 1 aromatic rings. The summed E-state index contributed by atoms with van der Waals surface area (Å²) in [5.74, 6) is 0.314. The van der Waals surface area contributed by atoms with Crippen molar-refractivity contribution < 1.29 is 5.11 Å². The predicted molar refractivity (Wildman–Crippen MR) is 71.9 cm³/mol. The molecule has 0 amide bonds. The molecule has 1 atom stereocenters. The van der Waals surface area contributed by atoms with Crippen LogP contribution in [0.15, 0.2) is 24.3 Å². The Labute approximate surface area is 104 Å². The van der Waals surface area contributed by atoms with Crippen LogP contribution in [-0.4, -0.2) is 28.6 Å². The van der Waals surface area contributed by atoms with Gasteiger partial charge in [-0.15, -0.1) is 0 Å². The standard InChI is InChI=1S/C14H24N2O/c1-4-14(3,11-15)16(5-2)10-12-6-8-13(17)9-7-12/h6-9,17H,4-5,10-11,15H2,1-3H3. The van der Waals surface area contributed by atoms with E-state index in [1.54, 1.807) is 12.1 Å². The van der Waals surface area contributed by atoms with Crippen molar-refractivity contribution in [1.82, 2.24) is 4.90 Å². The number of hydrogen-bond acceptors (Lipinski definition) is 3. The number of rotatable bonds is 6. The van der Waals surface area contributed by atoms with Crippen LogP contribution in [0.2, 0.25) is 0 Å². The molecule has 1 rings (SSSR count). The summed E-state index contributed by atoms with van der Waals surface area (Å²) >= 11 is 0. The van der Waals surface area contributed by atoms with Crippen molar-refractivity contribution in [1.29, 1.82) is 0 Å². The van der Waals surface area contributed by atoms with E-state index < -0.39 is 0 Å². The van der Waals surface area contributed by atoms with E-state index in [0.717, 1.165) is 19.5 Å². The van der Waals surface area contributed by atoms with Crippen LogP contribution in [-0.2, 0) is 6.54 Å². The number of nitrogens with two attached hydrogens (primary N) is 1. The molecule has 17 heavy (non-hydrogen) atoms. The SMILES string of the molecule is CCN(Cc1ccc(O)cc1)C(C)(CC)CN. The van der Waals surface area contributed by atoms with Gasteiger partial charge in [-0.3, -0.25) is 4.90 Å². The third-order valence-corrected chi connectivity index (χ3v) is 3.66. The van der Waals surface area contributed by atoms with Crippen LogP contribution in [0.5, 0.6) is 5.75 Å². The summed E-state index contributed by atoms with van der Waals surface area (Å²) in [6.45, 7) is 9.05. The van der Waals surface area contributed by atoms with Crippen molar-refractivity contribution in [3.8, 4) is 5.75 Å². The van der Waals surface area contributed by atoms with Crippen molar-refractivity contribution in [2.24, 2.45) is 5.73 Å². The van der Waals surface area contributed by atoms with E-state index in [0.29, 0.717) is 12.3 Å². The van der Waals surface area contributed by atoms with Gasteiger partial charge in [-0.2, -0.15) is 0 Å². The zero-order valence-corrected chi connectivity index (χ0v) is 11.1. The van der Waals surface area contributed by atoms with E-state index in [1.807, 2.05) is 12.1 Å². The van der Waals surface area contributed by atoms with E-state index in [1.165, 1.54) is 5.56 Å². The summed E-state index contributed by atoms with van der Waals surface area (Å²) in [5.41, 5.74) is 7.14. The molecule has 3 heteroatoms. The van der Waals surface area contributed by atoms with Crippen molar-refractivity contribution in [2.75, 3.05) is 13.1 Å². The summed E-state index contributed by atoms with van der Waals surface area (Å²) in [6.07, 6.45) is 1.04. The Morgan fingerprint density at radius 3 is 2.24 bits per heavy atom. The number of hydrogen-bond donors (Lipinski definition) is 2. The molecule has 0 aliphatic rings. The van der Waals surface area contributed by atoms with Gasteiger partial charge >= 0.3 is 0 Å². The minimum absolute atomic E-state index is 0.0483. The van der Waals surface area contributed by atoms with Gasteiger partial charge in [0.05, 0.1) is 0 Å². The second-order valence-corrected chi connectivity index (χ2v) is 4.74. The highest BCUT2D eigenvalue weighted by molar-refractivity contribution is 5.25. The van der Waals surface area contributed by atoms with Crippen LogP contribution < -0.4 is 5.73 Å². The lowest BCUT2D eigenvalue weighted by Crippen LogP contribution is -2.50. The average Bonchev–Trinajstić information content (AvgIpc) is 2.37. The quantitative estimate of drug-likeness (QED) is 0.797. The van der Waals surface area contributed by atoms with E-state index in [4.69, 9.17) is 5.73 Å². The van der Waals surface area contributed by atoms with Crippen molar-refractivity contribution in [2.45, 2.75) is 39.3 Å². The second-order valence-electron chi connectivity index (χ2n) is 4.74. The number of benzene rings is 1. The van der Waals surface area contributed by atoms with E-state index in [2.05, 4.69) is 25.7 Å². The predicted octanol–water partition coefficient (Wildman–Crippen LogP) is 2.34. The highest BCUT2D eigenvalue weighted by atomic mass is 16.3. The maximum absolute atomic E-state index is 9.27. The molecule has 3 N–H and O–H groups in total. The smallest absolute Gasteiger partial charge is 0.115 e. The van der Waals surface area contributed by atoms with Crippen LogP contribution in [0, 0.1) is 0 Å². The highest BCUT2D eigenvalue weighted by Crippen LogP contribution is 2.21. The summed E-state index contributed by atoms with van der Waals surface area (Å²) in [6, 6.07) is 7.39. The summed E-state index contributed by atoms with van der Waals surface area (Å²) in [7, 11) is 0. The lowest BCUT2D eigenvalue weighted by Gasteiger charge is -2.39. The Kier molecular flexibility index (Phi) is 4.97. The maximum Gasteiger partial charge on any atom is 0.115 e. The van der Waals surface area contributed by atoms with Crippen LogP contribution in [0.1, 0.15) is 32.8 Å². The average molecular weight is 236 g/mol. The van der Waals surface area contributed by atoms with Crippen LogP contribution in [0.3, 0.4) is 0 Å². The fourth-order valence-corrected chi connectivity index (χ4v) is 2.00. The Morgan fingerprint density at radius 1 is 1.24 bits per heavy atom. The highest BCUT2D eigenvalue weighted by Gasteiger charge is 2.27. The fourth-order valence-electron chi connectivity index (χ4n) is 2.00. The number of aromatic hydroxyl groups is 1. The van der Waals surface area contributed by atoms with Gasteiger partial charge in [0.2, 0.25) is 0 Å². The molecule has 0 aromatic heterocycles. The van der Waals surface area contributed by atoms with Gasteiger partial charge < -0.3 is 10.8 Å². The largest absolute Gasteiger partial charge is 0.508 e. The monoisotopic (exact) mass is 236 g/mol. The molecule has 96 valence electrons. The maximum atomic E-state index is 9.27. The fraction of sp³-hybridized carbons (Fsp3) is 0.571. The molecule has 0 bridgehead atoms. The van der Waals surface area contributed by atoms with Gasteiger partial charge in [0.15, 0.2) is 0 Å². The van der Waals surface area contributed by atoms with Crippen molar-refractivity contribution in [3.05, 3.63) is 29.8 Å². The first-order chi connectivity index (χ1) is 8.05. The lowest BCUT2D eigenvalue weighted by atomic mass is 9.95. The van der Waals surface area contributed by atoms with Gasteiger partial charge in [-0.1, -0.05) is 26.0 Å². The molecule has 0 spiro atoms. The van der Waals surface area contributed by atoms with Gasteiger partial charge in [-0.25, -0.2) is 0 Å². The minimum atomic E-state index is 0.0483. The molecule has 0 heterocycles. The third kappa shape index (κ3) is 3.45. The minimum Gasteiger partial charge on any atom is -0.508 e.